The number of nitrogens with zero attached hydrogens (tertiary/aromatic N) is 1. The Bertz CT molecular complexity index is 350. The van der Waals surface area contributed by atoms with Gasteiger partial charge in [0.05, 0.1) is 0 Å². The summed E-state index contributed by atoms with van der Waals surface area (Å²) in [6.45, 7) is 17.9. The van der Waals surface area contributed by atoms with Crippen molar-refractivity contribution in [1.29, 1.82) is 0 Å². The first-order valence-electron chi connectivity index (χ1n) is 9.07. The molecule has 124 valence electrons. The third kappa shape index (κ3) is 3.32. The number of hydrogen-bond donors (Lipinski definition) is 1. The Morgan fingerprint density at radius 2 is 1.43 bits per heavy atom. The molecule has 0 aromatic heterocycles. The molecule has 0 bridgehead atoms. The summed E-state index contributed by atoms with van der Waals surface area (Å²) in [4.78, 5) is 2.79. The van der Waals surface area contributed by atoms with Gasteiger partial charge in [0, 0.05) is 18.6 Å². The molecule has 1 saturated heterocycles. The minimum Gasteiger partial charge on any atom is -0.329 e. The Morgan fingerprint density at radius 3 is 1.81 bits per heavy atom. The van der Waals surface area contributed by atoms with Crippen LogP contribution in [0.1, 0.15) is 80.1 Å². The van der Waals surface area contributed by atoms with Crippen molar-refractivity contribution in [3.05, 3.63) is 0 Å². The molecule has 2 aliphatic rings. The molecule has 2 heteroatoms. The van der Waals surface area contributed by atoms with E-state index >= 15 is 0 Å². The van der Waals surface area contributed by atoms with Crippen LogP contribution in [0, 0.1) is 16.2 Å². The predicted octanol–water partition coefficient (Wildman–Crippen LogP) is 4.43. The zero-order valence-corrected chi connectivity index (χ0v) is 15.4. The topological polar surface area (TPSA) is 29.3 Å². The first-order chi connectivity index (χ1) is 9.62. The van der Waals surface area contributed by atoms with Crippen LogP contribution in [0.25, 0.3) is 0 Å². The molecule has 0 radical (unpaired) electrons. The summed E-state index contributed by atoms with van der Waals surface area (Å²) in [7, 11) is 0. The van der Waals surface area contributed by atoms with Gasteiger partial charge in [-0.25, -0.2) is 0 Å². The van der Waals surface area contributed by atoms with Gasteiger partial charge in [-0.3, -0.25) is 4.90 Å². The van der Waals surface area contributed by atoms with Crippen LogP contribution < -0.4 is 5.73 Å². The second-order valence-corrected chi connectivity index (χ2v) is 9.67. The quantitative estimate of drug-likeness (QED) is 0.831. The van der Waals surface area contributed by atoms with E-state index in [0.29, 0.717) is 16.2 Å². The lowest BCUT2D eigenvalue weighted by molar-refractivity contribution is -0.0382. The molecule has 0 aromatic carbocycles. The largest absolute Gasteiger partial charge is 0.329 e. The Hall–Kier alpha value is -0.0800. The lowest BCUT2D eigenvalue weighted by Gasteiger charge is -2.56. The minimum atomic E-state index is 0.233. The Labute approximate surface area is 132 Å². The summed E-state index contributed by atoms with van der Waals surface area (Å²) < 4.78 is 0. The monoisotopic (exact) mass is 294 g/mol. The highest BCUT2D eigenvalue weighted by molar-refractivity contribution is 5.07. The number of rotatable bonds is 4. The molecule has 2 N–H and O–H groups in total. The van der Waals surface area contributed by atoms with E-state index in [4.69, 9.17) is 5.73 Å². The molecule has 21 heavy (non-hydrogen) atoms. The molecule has 1 saturated carbocycles. The summed E-state index contributed by atoms with van der Waals surface area (Å²) in [6, 6.07) is 0. The van der Waals surface area contributed by atoms with Crippen molar-refractivity contribution in [1.82, 2.24) is 4.90 Å². The standard InChI is InChI=1S/C19H38N2/c1-7-18(8-2)9-10-21(15-18)19(14-20)12-16(3,4)11-17(5,6)13-19/h7-15,20H2,1-6H3. The van der Waals surface area contributed by atoms with Crippen molar-refractivity contribution in [3.63, 3.8) is 0 Å². The van der Waals surface area contributed by atoms with E-state index in [1.807, 2.05) is 0 Å². The highest BCUT2D eigenvalue weighted by Gasteiger charge is 2.52. The third-order valence-corrected chi connectivity index (χ3v) is 6.56. The van der Waals surface area contributed by atoms with Crippen LogP contribution >= 0.6 is 0 Å². The van der Waals surface area contributed by atoms with Crippen molar-refractivity contribution >= 4 is 0 Å². The summed E-state index contributed by atoms with van der Waals surface area (Å²) in [5.41, 5.74) is 7.99. The summed E-state index contributed by atoms with van der Waals surface area (Å²) in [5.74, 6) is 0. The van der Waals surface area contributed by atoms with Crippen LogP contribution in [0.5, 0.6) is 0 Å². The Balaban J connectivity index is 2.26. The van der Waals surface area contributed by atoms with Crippen LogP contribution in [-0.4, -0.2) is 30.1 Å². The molecule has 1 heterocycles. The third-order valence-electron chi connectivity index (χ3n) is 6.56. The van der Waals surface area contributed by atoms with Gasteiger partial charge in [0.1, 0.15) is 0 Å². The highest BCUT2D eigenvalue weighted by Crippen LogP contribution is 2.54. The van der Waals surface area contributed by atoms with Crippen molar-refractivity contribution in [3.8, 4) is 0 Å². The van der Waals surface area contributed by atoms with Gasteiger partial charge in [0.15, 0.2) is 0 Å². The normalized spacial score (nSPS) is 30.4. The summed E-state index contributed by atoms with van der Waals surface area (Å²) in [5, 5.41) is 0. The molecular formula is C19H38N2. The molecule has 0 atom stereocenters. The summed E-state index contributed by atoms with van der Waals surface area (Å²) in [6.07, 6.45) is 7.85. The molecule has 0 amide bonds. The lowest BCUT2D eigenvalue weighted by Crippen LogP contribution is -2.60. The maximum absolute atomic E-state index is 6.39. The van der Waals surface area contributed by atoms with Gasteiger partial charge in [0.25, 0.3) is 0 Å². The molecule has 1 aliphatic heterocycles. The minimum absolute atomic E-state index is 0.233. The van der Waals surface area contributed by atoms with Crippen molar-refractivity contribution in [2.75, 3.05) is 19.6 Å². The van der Waals surface area contributed by atoms with Gasteiger partial charge in [-0.05, 0) is 61.3 Å². The van der Waals surface area contributed by atoms with Crippen molar-refractivity contribution < 1.29 is 0 Å². The molecule has 1 aliphatic carbocycles. The maximum Gasteiger partial charge on any atom is 0.0342 e. The van der Waals surface area contributed by atoms with Crippen LogP contribution in [0.2, 0.25) is 0 Å². The van der Waals surface area contributed by atoms with E-state index in [-0.39, 0.29) is 5.54 Å². The molecule has 0 aromatic rings. The second kappa shape index (κ2) is 5.53. The maximum atomic E-state index is 6.39. The number of nitrogens with two attached hydrogens (primary N) is 1. The molecule has 0 unspecified atom stereocenters. The zero-order chi connectivity index (χ0) is 15.9. The van der Waals surface area contributed by atoms with Gasteiger partial charge < -0.3 is 5.73 Å². The smallest absolute Gasteiger partial charge is 0.0342 e. The number of hydrogen-bond acceptors (Lipinski definition) is 2. The van der Waals surface area contributed by atoms with E-state index in [1.165, 1.54) is 51.6 Å². The van der Waals surface area contributed by atoms with Crippen molar-refractivity contribution in [2.45, 2.75) is 85.6 Å². The zero-order valence-electron chi connectivity index (χ0n) is 15.4. The number of likely N-dealkylation sites (tertiary alicyclic amines) is 1. The van der Waals surface area contributed by atoms with E-state index in [1.54, 1.807) is 0 Å². The first-order valence-corrected chi connectivity index (χ1v) is 9.07. The first kappa shape index (κ1) is 17.3. The average molecular weight is 295 g/mol. The van der Waals surface area contributed by atoms with E-state index in [9.17, 15) is 0 Å². The predicted molar refractivity (Wildman–Crippen MR) is 92.4 cm³/mol. The fourth-order valence-corrected chi connectivity index (χ4v) is 5.93. The highest BCUT2D eigenvalue weighted by atomic mass is 15.2. The van der Waals surface area contributed by atoms with E-state index in [0.717, 1.165) is 6.54 Å². The molecule has 0 spiro atoms. The molecule has 2 rings (SSSR count). The van der Waals surface area contributed by atoms with Crippen LogP contribution in [-0.2, 0) is 0 Å². The molecule has 2 nitrogen and oxygen atoms in total. The van der Waals surface area contributed by atoms with Gasteiger partial charge in [-0.1, -0.05) is 41.5 Å². The summed E-state index contributed by atoms with van der Waals surface area (Å²) >= 11 is 0. The van der Waals surface area contributed by atoms with Gasteiger partial charge in [0.2, 0.25) is 0 Å². The molecule has 2 fully saturated rings. The fourth-order valence-electron chi connectivity index (χ4n) is 5.93. The van der Waals surface area contributed by atoms with Crippen LogP contribution in [0.15, 0.2) is 0 Å². The van der Waals surface area contributed by atoms with Gasteiger partial charge in [-0.15, -0.1) is 0 Å². The fraction of sp³-hybridized carbons (Fsp3) is 1.00. The molecular weight excluding hydrogens is 256 g/mol. The average Bonchev–Trinajstić information content (AvgIpc) is 2.80. The van der Waals surface area contributed by atoms with E-state index in [2.05, 4.69) is 46.4 Å². The van der Waals surface area contributed by atoms with Crippen LogP contribution in [0.4, 0.5) is 0 Å². The van der Waals surface area contributed by atoms with Gasteiger partial charge >= 0.3 is 0 Å². The SMILES string of the molecule is CCC1(CC)CCN(C2(CN)CC(C)(C)CC(C)(C)C2)C1. The van der Waals surface area contributed by atoms with E-state index < -0.39 is 0 Å². The van der Waals surface area contributed by atoms with Crippen LogP contribution in [0.3, 0.4) is 0 Å². The van der Waals surface area contributed by atoms with Gasteiger partial charge in [-0.2, -0.15) is 0 Å². The Kier molecular flexibility index (Phi) is 4.55. The van der Waals surface area contributed by atoms with Crippen molar-refractivity contribution in [2.24, 2.45) is 22.0 Å². The lowest BCUT2D eigenvalue weighted by atomic mass is 9.58. The Morgan fingerprint density at radius 1 is 0.905 bits per heavy atom. The second-order valence-electron chi connectivity index (χ2n) is 9.67.